The zero-order valence-electron chi connectivity index (χ0n) is 14.0. The fourth-order valence-corrected chi connectivity index (χ4v) is 2.90. The number of nitrogens with one attached hydrogen (secondary N) is 1. The van der Waals surface area contributed by atoms with Crippen molar-refractivity contribution in [2.24, 2.45) is 5.92 Å². The van der Waals surface area contributed by atoms with Gasteiger partial charge in [0, 0.05) is 13.1 Å². The van der Waals surface area contributed by atoms with Gasteiger partial charge < -0.3 is 15.0 Å². The Hall–Kier alpha value is -1.10. The van der Waals surface area contributed by atoms with E-state index in [4.69, 9.17) is 4.74 Å². The predicted octanol–water partition coefficient (Wildman–Crippen LogP) is 2.52. The second-order valence-corrected chi connectivity index (χ2v) is 6.00. The van der Waals surface area contributed by atoms with Crippen molar-refractivity contribution in [2.75, 3.05) is 39.9 Å². The topological polar surface area (TPSA) is 41.6 Å². The van der Waals surface area contributed by atoms with E-state index in [9.17, 15) is 4.79 Å². The van der Waals surface area contributed by atoms with Crippen LogP contribution in [-0.4, -0.2) is 50.7 Å². The number of amides is 1. The van der Waals surface area contributed by atoms with Crippen LogP contribution < -0.4 is 5.32 Å². The van der Waals surface area contributed by atoms with Crippen molar-refractivity contribution in [1.29, 1.82) is 0 Å². The van der Waals surface area contributed by atoms with Crippen molar-refractivity contribution < 1.29 is 9.53 Å². The van der Waals surface area contributed by atoms with Gasteiger partial charge in [0.25, 0.3) is 0 Å². The zero-order valence-corrected chi connectivity index (χ0v) is 14.8. The van der Waals surface area contributed by atoms with Crippen LogP contribution >= 0.6 is 12.4 Å². The summed E-state index contributed by atoms with van der Waals surface area (Å²) in [7, 11) is 1.99. The van der Waals surface area contributed by atoms with E-state index in [0.29, 0.717) is 6.61 Å². The maximum absolute atomic E-state index is 12.1. The molecule has 1 saturated heterocycles. The highest BCUT2D eigenvalue weighted by Gasteiger charge is 2.22. The third kappa shape index (κ3) is 7.34. The Morgan fingerprint density at radius 1 is 1.26 bits per heavy atom. The normalized spacial score (nSPS) is 15.3. The number of hydrogen-bond donors (Lipinski definition) is 1. The average molecular weight is 341 g/mol. The monoisotopic (exact) mass is 340 g/mol. The lowest BCUT2D eigenvalue weighted by atomic mass is 9.93. The highest BCUT2D eigenvalue weighted by atomic mass is 35.5. The third-order valence-corrected chi connectivity index (χ3v) is 4.37. The second kappa shape index (κ2) is 11.4. The van der Waals surface area contributed by atoms with E-state index < -0.39 is 0 Å². The number of nitrogens with zero attached hydrogens (tertiary/aromatic N) is 1. The van der Waals surface area contributed by atoms with E-state index in [1.54, 1.807) is 0 Å². The summed E-state index contributed by atoms with van der Waals surface area (Å²) < 4.78 is 5.54. The van der Waals surface area contributed by atoms with Crippen LogP contribution in [0.25, 0.3) is 0 Å². The van der Waals surface area contributed by atoms with Crippen LogP contribution in [0.4, 0.5) is 0 Å². The molecule has 0 unspecified atom stereocenters. The minimum absolute atomic E-state index is 0. The molecule has 0 aromatic heterocycles. The number of rotatable bonds is 8. The standard InChI is InChI=1S/C18H28N2O2.ClH/c1-19-11-7-17-8-12-20(13-9-17)18(21)15-22-14-10-16-5-3-2-4-6-16;/h2-6,17,19H,7-15H2,1H3;1H. The van der Waals surface area contributed by atoms with Crippen LogP contribution in [0.2, 0.25) is 0 Å². The van der Waals surface area contributed by atoms with E-state index in [-0.39, 0.29) is 24.9 Å². The van der Waals surface area contributed by atoms with Gasteiger partial charge in [-0.25, -0.2) is 0 Å². The molecule has 1 aromatic carbocycles. The summed E-state index contributed by atoms with van der Waals surface area (Å²) in [5, 5.41) is 3.20. The van der Waals surface area contributed by atoms with Gasteiger partial charge in [0.15, 0.2) is 0 Å². The zero-order chi connectivity index (χ0) is 15.6. The number of piperidine rings is 1. The van der Waals surface area contributed by atoms with Gasteiger partial charge in [0.2, 0.25) is 5.91 Å². The summed E-state index contributed by atoms with van der Waals surface area (Å²) in [6.45, 7) is 3.66. The minimum Gasteiger partial charge on any atom is -0.371 e. The maximum atomic E-state index is 12.1. The molecule has 1 aromatic rings. The molecular weight excluding hydrogens is 312 g/mol. The smallest absolute Gasteiger partial charge is 0.248 e. The van der Waals surface area contributed by atoms with Crippen molar-refractivity contribution in [1.82, 2.24) is 10.2 Å². The first-order valence-electron chi connectivity index (χ1n) is 8.33. The summed E-state index contributed by atoms with van der Waals surface area (Å²) >= 11 is 0. The lowest BCUT2D eigenvalue weighted by Crippen LogP contribution is -2.40. The van der Waals surface area contributed by atoms with Crippen LogP contribution in [0.3, 0.4) is 0 Å². The Kier molecular flexibility index (Phi) is 9.92. The molecular formula is C18H29ClN2O2. The number of ether oxygens (including phenoxy) is 1. The summed E-state index contributed by atoms with van der Waals surface area (Å²) in [4.78, 5) is 14.1. The van der Waals surface area contributed by atoms with Crippen molar-refractivity contribution in [3.8, 4) is 0 Å². The molecule has 1 amide bonds. The van der Waals surface area contributed by atoms with Crippen molar-refractivity contribution in [2.45, 2.75) is 25.7 Å². The van der Waals surface area contributed by atoms with Gasteiger partial charge in [-0.1, -0.05) is 30.3 Å². The summed E-state index contributed by atoms with van der Waals surface area (Å²) in [6, 6.07) is 10.2. The van der Waals surface area contributed by atoms with Crippen LogP contribution in [0.1, 0.15) is 24.8 Å². The summed E-state index contributed by atoms with van der Waals surface area (Å²) in [5.41, 5.74) is 1.25. The molecule has 1 N–H and O–H groups in total. The number of hydrogen-bond acceptors (Lipinski definition) is 3. The summed E-state index contributed by atoms with van der Waals surface area (Å²) in [6.07, 6.45) is 4.32. The van der Waals surface area contributed by atoms with E-state index in [1.165, 1.54) is 12.0 Å². The van der Waals surface area contributed by atoms with Gasteiger partial charge in [0.1, 0.15) is 6.61 Å². The molecule has 0 bridgehead atoms. The van der Waals surface area contributed by atoms with Gasteiger partial charge in [-0.05, 0) is 50.8 Å². The van der Waals surface area contributed by atoms with E-state index in [1.807, 2.05) is 30.1 Å². The van der Waals surface area contributed by atoms with Crippen LogP contribution in [0.15, 0.2) is 30.3 Å². The van der Waals surface area contributed by atoms with Crippen LogP contribution in [-0.2, 0) is 16.0 Å². The first kappa shape index (κ1) is 19.9. The number of likely N-dealkylation sites (tertiary alicyclic amines) is 1. The van der Waals surface area contributed by atoms with Crippen LogP contribution in [0, 0.1) is 5.92 Å². The Morgan fingerprint density at radius 3 is 2.61 bits per heavy atom. The highest BCUT2D eigenvalue weighted by Crippen LogP contribution is 2.20. The Morgan fingerprint density at radius 2 is 1.96 bits per heavy atom. The first-order chi connectivity index (χ1) is 10.8. The fraction of sp³-hybridized carbons (Fsp3) is 0.611. The summed E-state index contributed by atoms with van der Waals surface area (Å²) in [5.74, 6) is 0.899. The van der Waals surface area contributed by atoms with Gasteiger partial charge in [-0.2, -0.15) is 0 Å². The molecule has 1 heterocycles. The number of benzene rings is 1. The number of carbonyl (C=O) groups is 1. The molecule has 1 fully saturated rings. The number of carbonyl (C=O) groups excluding carboxylic acids is 1. The van der Waals surface area contributed by atoms with Gasteiger partial charge in [0.05, 0.1) is 6.61 Å². The Balaban J connectivity index is 0.00000264. The Labute approximate surface area is 146 Å². The lowest BCUT2D eigenvalue weighted by Gasteiger charge is -2.32. The first-order valence-corrected chi connectivity index (χ1v) is 8.33. The molecule has 130 valence electrons. The third-order valence-electron chi connectivity index (χ3n) is 4.37. The van der Waals surface area contributed by atoms with Crippen molar-refractivity contribution in [3.05, 3.63) is 35.9 Å². The van der Waals surface area contributed by atoms with E-state index in [2.05, 4.69) is 17.4 Å². The Bertz CT molecular complexity index is 434. The number of halogens is 1. The molecule has 5 heteroatoms. The van der Waals surface area contributed by atoms with Crippen molar-refractivity contribution >= 4 is 18.3 Å². The molecule has 1 aliphatic rings. The predicted molar refractivity (Wildman–Crippen MR) is 96.1 cm³/mol. The van der Waals surface area contributed by atoms with E-state index in [0.717, 1.165) is 44.8 Å². The molecule has 2 rings (SSSR count). The molecule has 1 aliphatic heterocycles. The quantitative estimate of drug-likeness (QED) is 0.739. The van der Waals surface area contributed by atoms with Gasteiger partial charge in [-0.3, -0.25) is 4.79 Å². The molecule has 0 atom stereocenters. The SMILES string of the molecule is CNCCC1CCN(C(=O)COCCc2ccccc2)CC1.Cl. The van der Waals surface area contributed by atoms with Crippen LogP contribution in [0.5, 0.6) is 0 Å². The van der Waals surface area contributed by atoms with Crippen molar-refractivity contribution in [3.63, 3.8) is 0 Å². The molecule has 0 radical (unpaired) electrons. The molecule has 4 nitrogen and oxygen atoms in total. The average Bonchev–Trinajstić information content (AvgIpc) is 2.58. The molecule has 0 saturated carbocycles. The fourth-order valence-electron chi connectivity index (χ4n) is 2.90. The van der Waals surface area contributed by atoms with Gasteiger partial charge >= 0.3 is 0 Å². The molecule has 0 spiro atoms. The van der Waals surface area contributed by atoms with E-state index >= 15 is 0 Å². The molecule has 0 aliphatic carbocycles. The van der Waals surface area contributed by atoms with Gasteiger partial charge in [-0.15, -0.1) is 12.4 Å². The second-order valence-electron chi connectivity index (χ2n) is 6.00. The lowest BCUT2D eigenvalue weighted by molar-refractivity contribution is -0.137. The highest BCUT2D eigenvalue weighted by molar-refractivity contribution is 5.85. The minimum atomic E-state index is 0. The largest absolute Gasteiger partial charge is 0.371 e. The molecule has 23 heavy (non-hydrogen) atoms. The maximum Gasteiger partial charge on any atom is 0.248 e.